The maximum Gasteiger partial charge on any atom is 0.271 e. The lowest BCUT2D eigenvalue weighted by atomic mass is 10.1. The van der Waals surface area contributed by atoms with Gasteiger partial charge in [-0.25, -0.2) is 0 Å². The fourth-order valence-corrected chi connectivity index (χ4v) is 2.45. The van der Waals surface area contributed by atoms with Crippen molar-refractivity contribution in [1.29, 1.82) is 0 Å². The zero-order chi connectivity index (χ0) is 19.2. The van der Waals surface area contributed by atoms with E-state index in [0.29, 0.717) is 5.69 Å². The van der Waals surface area contributed by atoms with Crippen LogP contribution in [0.1, 0.15) is 16.7 Å². The molecule has 0 saturated carbocycles. The van der Waals surface area contributed by atoms with E-state index in [9.17, 15) is 10.1 Å². The summed E-state index contributed by atoms with van der Waals surface area (Å²) in [5.74, 6) is 1.58. The van der Waals surface area contributed by atoms with Gasteiger partial charge in [-0.3, -0.25) is 15.5 Å². The third-order valence-electron chi connectivity index (χ3n) is 4.13. The Morgan fingerprint density at radius 1 is 1.04 bits per heavy atom. The lowest BCUT2D eigenvalue weighted by molar-refractivity contribution is -0.384. The Morgan fingerprint density at radius 3 is 2.52 bits per heavy atom. The van der Waals surface area contributed by atoms with Gasteiger partial charge in [-0.05, 0) is 66.9 Å². The highest BCUT2D eigenvalue weighted by molar-refractivity contribution is 5.80. The molecule has 3 aromatic rings. The van der Waals surface area contributed by atoms with E-state index in [1.807, 2.05) is 43.3 Å². The lowest BCUT2D eigenvalue weighted by Gasteiger charge is -2.10. The largest absolute Gasteiger partial charge is 0.457 e. The van der Waals surface area contributed by atoms with Crippen molar-refractivity contribution in [2.75, 3.05) is 5.43 Å². The number of hydrazone groups is 1. The standard InChI is InChI=1S/C21H19N3O3/c1-15-5-3-8-21(16(15)2)27-20-11-9-17(10-12-20)14-22-23-18-6-4-7-19(13-18)24(25)26/h3-14,23H,1-2H3. The van der Waals surface area contributed by atoms with Crippen molar-refractivity contribution in [2.24, 2.45) is 5.10 Å². The minimum absolute atomic E-state index is 0.0168. The summed E-state index contributed by atoms with van der Waals surface area (Å²) < 4.78 is 5.93. The molecule has 0 spiro atoms. The molecular formula is C21H19N3O3. The average molecular weight is 361 g/mol. The molecule has 0 bridgehead atoms. The summed E-state index contributed by atoms with van der Waals surface area (Å²) in [6, 6.07) is 19.7. The van der Waals surface area contributed by atoms with Gasteiger partial charge in [-0.1, -0.05) is 18.2 Å². The second-order valence-electron chi connectivity index (χ2n) is 6.05. The van der Waals surface area contributed by atoms with E-state index < -0.39 is 4.92 Å². The van der Waals surface area contributed by atoms with Crippen LogP contribution in [-0.4, -0.2) is 11.1 Å². The van der Waals surface area contributed by atoms with Crippen molar-refractivity contribution in [3.8, 4) is 11.5 Å². The Balaban J connectivity index is 1.63. The number of benzene rings is 3. The molecule has 0 fully saturated rings. The topological polar surface area (TPSA) is 76.8 Å². The summed E-state index contributed by atoms with van der Waals surface area (Å²) in [4.78, 5) is 10.3. The molecule has 0 aliphatic rings. The number of hydrogen-bond donors (Lipinski definition) is 1. The summed E-state index contributed by atoms with van der Waals surface area (Å²) in [6.45, 7) is 4.08. The fraction of sp³-hybridized carbons (Fsp3) is 0.0952. The van der Waals surface area contributed by atoms with Gasteiger partial charge in [0.1, 0.15) is 11.5 Å². The Labute approximate surface area is 157 Å². The molecule has 0 atom stereocenters. The molecule has 136 valence electrons. The van der Waals surface area contributed by atoms with Crippen molar-refractivity contribution < 1.29 is 9.66 Å². The van der Waals surface area contributed by atoms with Gasteiger partial charge in [0.25, 0.3) is 5.69 Å². The summed E-state index contributed by atoms with van der Waals surface area (Å²) in [5.41, 5.74) is 6.53. The first kappa shape index (κ1) is 18.1. The molecule has 1 N–H and O–H groups in total. The van der Waals surface area contributed by atoms with Crippen LogP contribution in [0.3, 0.4) is 0 Å². The van der Waals surface area contributed by atoms with E-state index in [1.165, 1.54) is 17.7 Å². The van der Waals surface area contributed by atoms with E-state index in [1.54, 1.807) is 18.3 Å². The van der Waals surface area contributed by atoms with Gasteiger partial charge in [-0.15, -0.1) is 0 Å². The number of nitro groups is 1. The highest BCUT2D eigenvalue weighted by Crippen LogP contribution is 2.26. The maximum absolute atomic E-state index is 10.8. The fourth-order valence-electron chi connectivity index (χ4n) is 2.45. The predicted octanol–water partition coefficient (Wildman–Crippen LogP) is 5.45. The molecule has 0 unspecified atom stereocenters. The van der Waals surface area contributed by atoms with Gasteiger partial charge in [-0.2, -0.15) is 5.10 Å². The van der Waals surface area contributed by atoms with Crippen molar-refractivity contribution in [1.82, 2.24) is 0 Å². The molecule has 3 aromatic carbocycles. The van der Waals surface area contributed by atoms with Crippen molar-refractivity contribution in [3.05, 3.63) is 93.5 Å². The zero-order valence-corrected chi connectivity index (χ0v) is 15.0. The molecule has 0 aliphatic heterocycles. The highest BCUT2D eigenvalue weighted by Gasteiger charge is 2.05. The molecular weight excluding hydrogens is 342 g/mol. The molecule has 0 saturated heterocycles. The van der Waals surface area contributed by atoms with Crippen LogP contribution in [0.2, 0.25) is 0 Å². The monoisotopic (exact) mass is 361 g/mol. The van der Waals surface area contributed by atoms with Crippen LogP contribution < -0.4 is 10.2 Å². The molecule has 3 rings (SSSR count). The van der Waals surface area contributed by atoms with Crippen molar-refractivity contribution >= 4 is 17.6 Å². The van der Waals surface area contributed by atoms with Gasteiger partial charge in [0.2, 0.25) is 0 Å². The summed E-state index contributed by atoms with van der Waals surface area (Å²) in [7, 11) is 0. The molecule has 27 heavy (non-hydrogen) atoms. The second-order valence-corrected chi connectivity index (χ2v) is 6.05. The Hall–Kier alpha value is -3.67. The number of non-ortho nitro benzene ring substituents is 1. The third-order valence-corrected chi connectivity index (χ3v) is 4.13. The Morgan fingerprint density at radius 2 is 1.78 bits per heavy atom. The molecule has 0 amide bonds. The third kappa shape index (κ3) is 4.70. The highest BCUT2D eigenvalue weighted by atomic mass is 16.6. The smallest absolute Gasteiger partial charge is 0.271 e. The number of hydrogen-bond acceptors (Lipinski definition) is 5. The number of nitrogens with zero attached hydrogens (tertiary/aromatic N) is 2. The van der Waals surface area contributed by atoms with Crippen LogP contribution >= 0.6 is 0 Å². The van der Waals surface area contributed by atoms with Crippen LogP contribution in [0.5, 0.6) is 11.5 Å². The number of nitro benzene ring substituents is 1. The van der Waals surface area contributed by atoms with Crippen LogP contribution in [0.15, 0.2) is 71.8 Å². The minimum Gasteiger partial charge on any atom is -0.457 e. The Kier molecular flexibility index (Phi) is 5.47. The van der Waals surface area contributed by atoms with E-state index in [0.717, 1.165) is 22.6 Å². The first-order valence-electron chi connectivity index (χ1n) is 8.40. The summed E-state index contributed by atoms with van der Waals surface area (Å²) >= 11 is 0. The van der Waals surface area contributed by atoms with Crippen LogP contribution in [0, 0.1) is 24.0 Å². The van der Waals surface area contributed by atoms with Crippen LogP contribution in [0.25, 0.3) is 0 Å². The second kappa shape index (κ2) is 8.14. The maximum atomic E-state index is 10.8. The van der Waals surface area contributed by atoms with Gasteiger partial charge in [0, 0.05) is 12.1 Å². The number of nitrogens with one attached hydrogen (secondary N) is 1. The zero-order valence-electron chi connectivity index (χ0n) is 15.0. The first-order valence-corrected chi connectivity index (χ1v) is 8.40. The van der Waals surface area contributed by atoms with Crippen LogP contribution in [-0.2, 0) is 0 Å². The van der Waals surface area contributed by atoms with Gasteiger partial charge >= 0.3 is 0 Å². The number of anilines is 1. The summed E-state index contributed by atoms with van der Waals surface area (Å²) in [5, 5.41) is 14.9. The van der Waals surface area contributed by atoms with Crippen molar-refractivity contribution in [2.45, 2.75) is 13.8 Å². The van der Waals surface area contributed by atoms with E-state index >= 15 is 0 Å². The van der Waals surface area contributed by atoms with Gasteiger partial charge < -0.3 is 4.74 Å². The Bertz CT molecular complexity index is 982. The number of aryl methyl sites for hydroxylation is 1. The minimum atomic E-state index is -0.441. The molecule has 0 aromatic heterocycles. The first-order chi connectivity index (χ1) is 13.0. The van der Waals surface area contributed by atoms with Crippen LogP contribution in [0.4, 0.5) is 11.4 Å². The van der Waals surface area contributed by atoms with E-state index in [-0.39, 0.29) is 5.69 Å². The SMILES string of the molecule is Cc1cccc(Oc2ccc(C=NNc3cccc([N+](=O)[O-])c3)cc2)c1C. The van der Waals surface area contributed by atoms with Gasteiger partial charge in [0.05, 0.1) is 16.8 Å². The number of ether oxygens (including phenoxy) is 1. The molecule has 0 aliphatic carbocycles. The van der Waals surface area contributed by atoms with Crippen molar-refractivity contribution in [3.63, 3.8) is 0 Å². The molecule has 6 heteroatoms. The predicted molar refractivity (Wildman–Crippen MR) is 107 cm³/mol. The van der Waals surface area contributed by atoms with Gasteiger partial charge in [0.15, 0.2) is 0 Å². The van der Waals surface area contributed by atoms with E-state index in [4.69, 9.17) is 4.74 Å². The molecule has 0 radical (unpaired) electrons. The molecule has 6 nitrogen and oxygen atoms in total. The normalized spacial score (nSPS) is 10.7. The number of rotatable bonds is 6. The quantitative estimate of drug-likeness (QED) is 0.360. The lowest BCUT2D eigenvalue weighted by Crippen LogP contribution is -1.93. The molecule has 0 heterocycles. The van der Waals surface area contributed by atoms with E-state index in [2.05, 4.69) is 23.5 Å². The summed E-state index contributed by atoms with van der Waals surface area (Å²) in [6.07, 6.45) is 1.64. The average Bonchev–Trinajstić information content (AvgIpc) is 2.67.